The van der Waals surface area contributed by atoms with Crippen molar-refractivity contribution in [2.75, 3.05) is 27.8 Å². The first-order valence-corrected chi connectivity index (χ1v) is 11.2. The Balaban J connectivity index is 1.74. The summed E-state index contributed by atoms with van der Waals surface area (Å²) in [5.41, 5.74) is 6.31. The summed E-state index contributed by atoms with van der Waals surface area (Å²) in [5, 5.41) is 10.8. The number of rotatable bonds is 3. The summed E-state index contributed by atoms with van der Waals surface area (Å²) in [6, 6.07) is 13.1. The van der Waals surface area contributed by atoms with E-state index in [4.69, 9.17) is 18.9 Å². The molecule has 1 aromatic heterocycles. The Hall–Kier alpha value is -3.84. The normalized spacial score (nSPS) is 16.7. The lowest BCUT2D eigenvalue weighted by atomic mass is 9.76. The van der Waals surface area contributed by atoms with E-state index in [1.54, 1.807) is 14.2 Å². The summed E-state index contributed by atoms with van der Waals surface area (Å²) in [5.74, 6) is 0.964. The van der Waals surface area contributed by atoms with Crippen LogP contribution in [-0.2, 0) is 12.8 Å². The van der Waals surface area contributed by atoms with Gasteiger partial charge < -0.3 is 19.0 Å². The van der Waals surface area contributed by atoms with Crippen LogP contribution in [0.2, 0.25) is 0 Å². The molecule has 0 saturated carbocycles. The Morgan fingerprint density at radius 2 is 1.94 bits per heavy atom. The second-order valence-corrected chi connectivity index (χ2v) is 8.83. The monoisotopic (exact) mass is 456 g/mol. The minimum atomic E-state index is -0.513. The van der Waals surface area contributed by atoms with Crippen LogP contribution in [0.25, 0.3) is 33.5 Å². The first-order chi connectivity index (χ1) is 16.5. The highest BCUT2D eigenvalue weighted by Gasteiger charge is 2.38. The van der Waals surface area contributed by atoms with Crippen LogP contribution in [0.1, 0.15) is 22.7 Å². The molecule has 34 heavy (non-hydrogen) atoms. The molecular formula is C27H24N2O5. The molecule has 4 aromatic rings. The average Bonchev–Trinajstić information content (AvgIpc) is 2.85. The van der Waals surface area contributed by atoms with Crippen molar-refractivity contribution in [3.05, 3.63) is 69.6 Å². The minimum Gasteiger partial charge on any atom is -0.504 e. The summed E-state index contributed by atoms with van der Waals surface area (Å²) < 4.78 is 17.1. The van der Waals surface area contributed by atoms with E-state index in [9.17, 15) is 9.90 Å². The van der Waals surface area contributed by atoms with Crippen LogP contribution in [0.15, 0.2) is 51.7 Å². The van der Waals surface area contributed by atoms with Gasteiger partial charge in [-0.1, -0.05) is 30.3 Å². The number of phenolic OH excluding ortho intramolecular Hbond substituents is 1. The number of phenols is 1. The zero-order chi connectivity index (χ0) is 23.6. The Morgan fingerprint density at radius 1 is 1.15 bits per heavy atom. The predicted octanol–water partition coefficient (Wildman–Crippen LogP) is 4.33. The number of fused-ring (bicyclic) bond motifs is 4. The number of ether oxygens (including phenoxy) is 2. The molecule has 1 unspecified atom stereocenters. The molecular weight excluding hydrogens is 432 g/mol. The number of aromatic nitrogens is 1. The van der Waals surface area contributed by atoms with E-state index < -0.39 is 5.63 Å². The lowest BCUT2D eigenvalue weighted by Crippen LogP contribution is -2.35. The number of methoxy groups -OCH3 is 2. The fraction of sp³-hybridized carbons (Fsp3) is 0.259. The van der Waals surface area contributed by atoms with Gasteiger partial charge in [-0.25, -0.2) is 9.78 Å². The summed E-state index contributed by atoms with van der Waals surface area (Å²) in [7, 11) is 5.22. The number of likely N-dealkylation sites (N-methyl/N-ethyl adjacent to an activating group) is 1. The molecule has 1 atom stereocenters. The fourth-order valence-electron chi connectivity index (χ4n) is 5.45. The maximum absolute atomic E-state index is 12.9. The summed E-state index contributed by atoms with van der Waals surface area (Å²) >= 11 is 0. The van der Waals surface area contributed by atoms with Gasteiger partial charge in [-0.3, -0.25) is 4.90 Å². The Bertz CT molecular complexity index is 1510. The van der Waals surface area contributed by atoms with E-state index in [1.807, 2.05) is 42.5 Å². The summed E-state index contributed by atoms with van der Waals surface area (Å²) in [6.07, 6.45) is 1.54. The van der Waals surface area contributed by atoms with E-state index in [0.717, 1.165) is 40.8 Å². The van der Waals surface area contributed by atoms with Gasteiger partial charge >= 0.3 is 5.63 Å². The Kier molecular flexibility index (Phi) is 4.64. The van der Waals surface area contributed by atoms with Crippen molar-refractivity contribution >= 4 is 11.1 Å². The largest absolute Gasteiger partial charge is 0.504 e. The number of aromatic hydroxyl groups is 1. The maximum atomic E-state index is 12.9. The highest BCUT2D eigenvalue weighted by molar-refractivity contribution is 5.95. The van der Waals surface area contributed by atoms with E-state index in [-0.39, 0.29) is 17.5 Å². The molecule has 1 aliphatic heterocycles. The Morgan fingerprint density at radius 3 is 2.68 bits per heavy atom. The van der Waals surface area contributed by atoms with E-state index >= 15 is 0 Å². The molecule has 0 spiro atoms. The molecule has 0 radical (unpaired) electrons. The number of benzene rings is 3. The molecule has 0 saturated heterocycles. The molecule has 0 amide bonds. The van der Waals surface area contributed by atoms with Crippen LogP contribution in [0.5, 0.6) is 17.2 Å². The highest BCUT2D eigenvalue weighted by Crippen LogP contribution is 2.54. The predicted molar refractivity (Wildman–Crippen MR) is 129 cm³/mol. The lowest BCUT2D eigenvalue weighted by Gasteiger charge is -2.40. The zero-order valence-corrected chi connectivity index (χ0v) is 19.2. The van der Waals surface area contributed by atoms with Crippen molar-refractivity contribution in [1.82, 2.24) is 9.88 Å². The van der Waals surface area contributed by atoms with Gasteiger partial charge in [-0.2, -0.15) is 0 Å². The Labute approximate surface area is 196 Å². The molecule has 2 heterocycles. The standard InChI is InChI=1S/C27H24N2O5/c1-29-10-9-15-11-19(30)25(33-3)22-16-13-20(32-2)26-24(17(16)12-18(29)21(15)22)28-23(27(31)34-26)14-7-5-4-6-8-14/h4-8,11,13,18,30H,9-10,12H2,1-3H3. The van der Waals surface area contributed by atoms with Crippen molar-refractivity contribution in [3.63, 3.8) is 0 Å². The minimum absolute atomic E-state index is 0.0891. The van der Waals surface area contributed by atoms with Gasteiger partial charge in [0, 0.05) is 23.7 Å². The highest BCUT2D eigenvalue weighted by atomic mass is 16.5. The van der Waals surface area contributed by atoms with Gasteiger partial charge in [0.1, 0.15) is 5.52 Å². The second kappa shape index (κ2) is 7.60. The van der Waals surface area contributed by atoms with Crippen LogP contribution in [0.4, 0.5) is 0 Å². The number of nitrogens with zero attached hydrogens (tertiary/aromatic N) is 2. The smallest absolute Gasteiger partial charge is 0.363 e. The van der Waals surface area contributed by atoms with Crippen LogP contribution < -0.4 is 15.1 Å². The molecule has 0 fully saturated rings. The quantitative estimate of drug-likeness (QED) is 0.491. The van der Waals surface area contributed by atoms with Crippen molar-refractivity contribution in [2.45, 2.75) is 18.9 Å². The first-order valence-electron chi connectivity index (χ1n) is 11.2. The fourth-order valence-corrected chi connectivity index (χ4v) is 5.45. The van der Waals surface area contributed by atoms with Gasteiger partial charge in [0.15, 0.2) is 28.5 Å². The molecule has 3 aromatic carbocycles. The molecule has 2 aliphatic rings. The molecule has 0 bridgehead atoms. The molecule has 7 nitrogen and oxygen atoms in total. The van der Waals surface area contributed by atoms with Crippen molar-refractivity contribution < 1.29 is 19.0 Å². The summed E-state index contributed by atoms with van der Waals surface area (Å²) in [6.45, 7) is 0.879. The van der Waals surface area contributed by atoms with E-state index in [2.05, 4.69) is 11.9 Å². The topological polar surface area (TPSA) is 85.0 Å². The van der Waals surface area contributed by atoms with E-state index in [0.29, 0.717) is 34.6 Å². The van der Waals surface area contributed by atoms with Crippen molar-refractivity contribution in [2.24, 2.45) is 0 Å². The molecule has 172 valence electrons. The van der Waals surface area contributed by atoms with E-state index in [1.165, 1.54) is 0 Å². The zero-order valence-electron chi connectivity index (χ0n) is 19.2. The average molecular weight is 456 g/mol. The first kappa shape index (κ1) is 20.7. The van der Waals surface area contributed by atoms with Crippen molar-refractivity contribution in [3.8, 4) is 39.6 Å². The molecule has 6 rings (SSSR count). The SMILES string of the molecule is COc1c(O)cc2c3c1-c1cc(OC)c4oc(=O)c(-c5ccccc5)nc4c1CC3N(C)CC2. The van der Waals surface area contributed by atoms with Crippen LogP contribution in [0.3, 0.4) is 0 Å². The van der Waals surface area contributed by atoms with Gasteiger partial charge in [-0.15, -0.1) is 0 Å². The number of hydrogen-bond acceptors (Lipinski definition) is 7. The summed E-state index contributed by atoms with van der Waals surface area (Å²) in [4.78, 5) is 20.1. The third-order valence-electron chi connectivity index (χ3n) is 7.06. The molecule has 1 N–H and O–H groups in total. The third kappa shape index (κ3) is 2.86. The van der Waals surface area contributed by atoms with Gasteiger partial charge in [0.2, 0.25) is 0 Å². The molecule has 7 heteroatoms. The van der Waals surface area contributed by atoms with Gasteiger partial charge in [0.05, 0.1) is 14.2 Å². The third-order valence-corrected chi connectivity index (χ3v) is 7.06. The van der Waals surface area contributed by atoms with Crippen LogP contribution in [-0.4, -0.2) is 42.8 Å². The van der Waals surface area contributed by atoms with Gasteiger partial charge in [-0.05, 0) is 54.3 Å². The number of hydrogen-bond donors (Lipinski definition) is 1. The maximum Gasteiger partial charge on any atom is 0.363 e. The van der Waals surface area contributed by atoms with Crippen LogP contribution >= 0.6 is 0 Å². The molecule has 1 aliphatic carbocycles. The van der Waals surface area contributed by atoms with Crippen molar-refractivity contribution in [1.29, 1.82) is 0 Å². The lowest BCUT2D eigenvalue weighted by molar-refractivity contribution is 0.227. The van der Waals surface area contributed by atoms with Crippen LogP contribution in [0, 0.1) is 0 Å². The second-order valence-electron chi connectivity index (χ2n) is 8.83. The van der Waals surface area contributed by atoms with Gasteiger partial charge in [0.25, 0.3) is 0 Å².